The molecule has 0 saturated heterocycles. The largest absolute Gasteiger partial charge is 0.313 e. The summed E-state index contributed by atoms with van der Waals surface area (Å²) in [4.78, 5) is 4.98. The molecule has 330 valence electrons. The Morgan fingerprint density at radius 1 is 0.493 bits per heavy atom. The van der Waals surface area contributed by atoms with Crippen molar-refractivity contribution in [1.82, 2.24) is 0 Å². The fourth-order valence-electron chi connectivity index (χ4n) is 12.4. The van der Waals surface area contributed by atoms with Gasteiger partial charge in [-0.2, -0.15) is 0 Å². The zero-order valence-corrected chi connectivity index (χ0v) is 39.6. The van der Waals surface area contributed by atoms with Gasteiger partial charge in [0.15, 0.2) is 0 Å². The van der Waals surface area contributed by atoms with Crippen LogP contribution < -0.4 is 9.80 Å². The van der Waals surface area contributed by atoms with Crippen LogP contribution in [0.25, 0.3) is 44.5 Å². The van der Waals surface area contributed by atoms with Crippen molar-refractivity contribution in [3.63, 3.8) is 0 Å². The topological polar surface area (TPSA) is 6.48 Å². The fourth-order valence-corrected chi connectivity index (χ4v) is 12.4. The molecule has 9 aromatic carbocycles. The van der Waals surface area contributed by atoms with Crippen molar-refractivity contribution in [1.29, 1.82) is 0 Å². The van der Waals surface area contributed by atoms with E-state index in [0.29, 0.717) is 0 Å². The fraction of sp³-hybridized carbons (Fsp3) is 0.104. The summed E-state index contributed by atoms with van der Waals surface area (Å²) in [5.74, 6) is 0. The van der Waals surface area contributed by atoms with Gasteiger partial charge in [-0.1, -0.05) is 195 Å². The van der Waals surface area contributed by atoms with Crippen molar-refractivity contribution in [2.24, 2.45) is 0 Å². The number of nitrogens with zero attached hydrogens (tertiary/aromatic N) is 2. The number of allylic oxidation sites excluding steroid dienone is 5. The smallest absolute Gasteiger partial charge is 0.0751 e. The minimum atomic E-state index is -0.546. The zero-order chi connectivity index (χ0) is 46.6. The van der Waals surface area contributed by atoms with Crippen LogP contribution in [0.4, 0.5) is 28.4 Å². The minimum Gasteiger partial charge on any atom is -0.313 e. The van der Waals surface area contributed by atoms with E-state index in [2.05, 4.69) is 256 Å². The van der Waals surface area contributed by atoms with E-state index in [0.717, 1.165) is 29.1 Å². The van der Waals surface area contributed by atoms with Crippen LogP contribution >= 0.6 is 0 Å². The SMILES string of the molecule is C=C/C(C)=C\C1=C2Cc3cc(C)ccc3N2c2ccc(-c3ccc(N(c4ccc(-c5ccccc5)cc4)c4ccc5c(c4)C(C)(C)c4ccccc4-5)cc3)cc2C12c1ccccc1-c1ccccc12. The predicted octanol–water partition coefficient (Wildman–Crippen LogP) is 17.5. The van der Waals surface area contributed by atoms with E-state index < -0.39 is 5.41 Å². The maximum Gasteiger partial charge on any atom is 0.0751 e. The van der Waals surface area contributed by atoms with Crippen LogP contribution in [0.2, 0.25) is 0 Å². The van der Waals surface area contributed by atoms with E-state index in [1.165, 1.54) is 106 Å². The van der Waals surface area contributed by atoms with E-state index in [1.807, 2.05) is 6.08 Å². The first-order valence-electron chi connectivity index (χ1n) is 24.3. The molecule has 1 spiro atoms. The summed E-state index contributed by atoms with van der Waals surface area (Å²) in [6.07, 6.45) is 5.29. The molecule has 2 aliphatic heterocycles. The molecule has 2 heterocycles. The third-order valence-corrected chi connectivity index (χ3v) is 15.6. The van der Waals surface area contributed by atoms with Crippen LogP contribution in [0.5, 0.6) is 0 Å². The van der Waals surface area contributed by atoms with E-state index in [4.69, 9.17) is 0 Å². The number of hydrogen-bond donors (Lipinski definition) is 0. The van der Waals surface area contributed by atoms with Gasteiger partial charge < -0.3 is 9.80 Å². The number of aryl methyl sites for hydroxylation is 1. The normalized spacial score (nSPS) is 15.2. The van der Waals surface area contributed by atoms with Crippen molar-refractivity contribution in [2.75, 3.05) is 9.80 Å². The second-order valence-corrected chi connectivity index (χ2v) is 19.9. The molecule has 0 N–H and O–H groups in total. The molecule has 0 aromatic heterocycles. The summed E-state index contributed by atoms with van der Waals surface area (Å²) in [5.41, 5.74) is 28.4. The molecule has 4 aliphatic rings. The van der Waals surface area contributed by atoms with Gasteiger partial charge in [-0.05, 0) is 152 Å². The second kappa shape index (κ2) is 15.4. The minimum absolute atomic E-state index is 0.120. The van der Waals surface area contributed by atoms with Gasteiger partial charge in [-0.15, -0.1) is 0 Å². The zero-order valence-electron chi connectivity index (χ0n) is 39.6. The first-order valence-corrected chi connectivity index (χ1v) is 24.3. The summed E-state index contributed by atoms with van der Waals surface area (Å²) < 4.78 is 0. The van der Waals surface area contributed by atoms with E-state index in [1.54, 1.807) is 0 Å². The highest BCUT2D eigenvalue weighted by atomic mass is 15.2. The van der Waals surface area contributed by atoms with Crippen LogP contribution in [0.3, 0.4) is 0 Å². The Morgan fingerprint density at radius 2 is 1.01 bits per heavy atom. The third kappa shape index (κ3) is 6.04. The quantitative estimate of drug-likeness (QED) is 0.147. The Balaban J connectivity index is 0.980. The average Bonchev–Trinajstić information content (AvgIpc) is 3.99. The Kier molecular flexibility index (Phi) is 9.17. The molecule has 0 fully saturated rings. The molecule has 9 aromatic rings. The molecule has 13 rings (SSSR count). The van der Waals surface area contributed by atoms with Gasteiger partial charge in [-0.25, -0.2) is 0 Å². The lowest BCUT2D eigenvalue weighted by Crippen LogP contribution is -2.37. The highest BCUT2D eigenvalue weighted by Crippen LogP contribution is 2.64. The molecular formula is C67H52N2. The lowest BCUT2D eigenvalue weighted by molar-refractivity contribution is 0.660. The Bertz CT molecular complexity index is 3590. The molecule has 2 nitrogen and oxygen atoms in total. The first-order chi connectivity index (χ1) is 33.7. The summed E-state index contributed by atoms with van der Waals surface area (Å²) in [6.45, 7) is 13.4. The summed E-state index contributed by atoms with van der Waals surface area (Å²) in [6, 6.07) is 77.3. The molecule has 0 bridgehead atoms. The maximum atomic E-state index is 4.26. The summed E-state index contributed by atoms with van der Waals surface area (Å²) in [5, 5.41) is 0. The number of benzene rings is 9. The molecule has 0 amide bonds. The molecular weight excluding hydrogens is 833 g/mol. The van der Waals surface area contributed by atoms with Crippen LogP contribution in [0.15, 0.2) is 242 Å². The van der Waals surface area contributed by atoms with Crippen molar-refractivity contribution in [2.45, 2.75) is 44.9 Å². The van der Waals surface area contributed by atoms with E-state index in [-0.39, 0.29) is 5.41 Å². The standard InChI is InChI=1S/C67H52N2/c1-6-43(2)39-61-65-41-49-38-44(3)24-36-63(49)69(65)64-37-29-48(40-62(64)67(61)58-22-14-11-19-54(58)55-20-12-15-23-59(55)67)47-27-32-51(33-28-47)68(50-30-25-46(26-31-50)45-16-8-7-9-17-45)52-34-35-56-53-18-10-13-21-57(53)66(4,5)60(56)42-52/h6-40,42H,1,41H2,2-5H3/b43-39-. The van der Waals surface area contributed by atoms with Crippen molar-refractivity contribution in [3.8, 4) is 44.5 Å². The predicted molar refractivity (Wildman–Crippen MR) is 289 cm³/mol. The van der Waals surface area contributed by atoms with E-state index >= 15 is 0 Å². The van der Waals surface area contributed by atoms with Crippen molar-refractivity contribution in [3.05, 3.63) is 281 Å². The van der Waals surface area contributed by atoms with Gasteiger partial charge in [-0.3, -0.25) is 0 Å². The molecule has 0 atom stereocenters. The lowest BCUT2D eigenvalue weighted by atomic mass is 9.63. The second-order valence-electron chi connectivity index (χ2n) is 19.9. The monoisotopic (exact) mass is 884 g/mol. The number of hydrogen-bond acceptors (Lipinski definition) is 2. The Morgan fingerprint density at radius 3 is 1.67 bits per heavy atom. The summed E-state index contributed by atoms with van der Waals surface area (Å²) >= 11 is 0. The number of anilines is 5. The van der Waals surface area contributed by atoms with Crippen LogP contribution in [0.1, 0.15) is 59.7 Å². The van der Waals surface area contributed by atoms with Gasteiger partial charge >= 0.3 is 0 Å². The van der Waals surface area contributed by atoms with Crippen LogP contribution in [0, 0.1) is 6.92 Å². The van der Waals surface area contributed by atoms with Gasteiger partial charge in [0.05, 0.1) is 11.1 Å². The average molecular weight is 885 g/mol. The molecule has 2 aliphatic carbocycles. The van der Waals surface area contributed by atoms with Gasteiger partial charge in [0.2, 0.25) is 0 Å². The lowest BCUT2D eigenvalue weighted by Gasteiger charge is -2.44. The van der Waals surface area contributed by atoms with Crippen LogP contribution in [-0.2, 0) is 17.3 Å². The molecule has 69 heavy (non-hydrogen) atoms. The number of rotatable bonds is 7. The van der Waals surface area contributed by atoms with Gasteiger partial charge in [0.1, 0.15) is 0 Å². The molecule has 0 radical (unpaired) electrons. The first kappa shape index (κ1) is 41.0. The van der Waals surface area contributed by atoms with Gasteiger partial charge in [0.25, 0.3) is 0 Å². The Hall–Kier alpha value is -8.20. The van der Waals surface area contributed by atoms with E-state index in [9.17, 15) is 0 Å². The van der Waals surface area contributed by atoms with Crippen molar-refractivity contribution >= 4 is 28.4 Å². The van der Waals surface area contributed by atoms with Crippen LogP contribution in [-0.4, -0.2) is 0 Å². The molecule has 0 saturated carbocycles. The third-order valence-electron chi connectivity index (χ3n) is 15.6. The maximum absolute atomic E-state index is 4.26. The van der Waals surface area contributed by atoms with Gasteiger partial charge in [0, 0.05) is 40.3 Å². The Labute approximate surface area is 406 Å². The highest BCUT2D eigenvalue weighted by molar-refractivity contribution is 5.95. The highest BCUT2D eigenvalue weighted by Gasteiger charge is 2.53. The number of fused-ring (bicyclic) bond motifs is 14. The van der Waals surface area contributed by atoms with Crippen molar-refractivity contribution < 1.29 is 0 Å². The summed E-state index contributed by atoms with van der Waals surface area (Å²) in [7, 11) is 0. The molecule has 2 heteroatoms. The molecule has 0 unspecified atom stereocenters.